The van der Waals surface area contributed by atoms with Gasteiger partial charge >= 0.3 is 0 Å². The van der Waals surface area contributed by atoms with Crippen LogP contribution < -0.4 is 4.74 Å². The molecule has 3 aromatic rings. The van der Waals surface area contributed by atoms with Crippen LogP contribution in [0, 0.1) is 0 Å². The minimum absolute atomic E-state index is 0.0444. The summed E-state index contributed by atoms with van der Waals surface area (Å²) in [6.45, 7) is 10.8. The number of halogens is 1. The van der Waals surface area contributed by atoms with E-state index in [-0.39, 0.29) is 18.1 Å². The third-order valence-corrected chi connectivity index (χ3v) is 7.13. The van der Waals surface area contributed by atoms with Crippen LogP contribution in [0.3, 0.4) is 0 Å². The zero-order chi connectivity index (χ0) is 23.4. The summed E-state index contributed by atoms with van der Waals surface area (Å²) < 4.78 is 7.31. The van der Waals surface area contributed by atoms with Crippen LogP contribution in [0.25, 0.3) is 0 Å². The highest BCUT2D eigenvalue weighted by molar-refractivity contribution is 7.09. The van der Waals surface area contributed by atoms with Gasteiger partial charge in [-0.25, -0.2) is 9.67 Å². The quantitative estimate of drug-likeness (QED) is 0.505. The number of carbonyl (C=O) groups excluding carboxylic acids is 1. The maximum absolute atomic E-state index is 13.0. The Morgan fingerprint density at radius 3 is 2.73 bits per heavy atom. The van der Waals surface area contributed by atoms with Crippen molar-refractivity contribution in [1.82, 2.24) is 24.6 Å². The van der Waals surface area contributed by atoms with E-state index in [4.69, 9.17) is 21.3 Å². The molecule has 176 valence electrons. The van der Waals surface area contributed by atoms with Crippen molar-refractivity contribution in [3.8, 4) is 5.75 Å². The van der Waals surface area contributed by atoms with Gasteiger partial charge in [0.2, 0.25) is 0 Å². The Hall–Kier alpha value is -2.42. The average molecular weight is 488 g/mol. The summed E-state index contributed by atoms with van der Waals surface area (Å²) in [4.78, 5) is 22.1. The van der Waals surface area contributed by atoms with E-state index in [0.29, 0.717) is 23.0 Å². The molecule has 1 aliphatic heterocycles. The molecule has 0 aliphatic carbocycles. The molecule has 7 nitrogen and oxygen atoms in total. The smallest absolute Gasteiger partial charge is 0.274 e. The van der Waals surface area contributed by atoms with Crippen LogP contribution in [0.5, 0.6) is 5.75 Å². The van der Waals surface area contributed by atoms with E-state index in [2.05, 4.69) is 36.1 Å². The molecule has 2 aromatic heterocycles. The maximum Gasteiger partial charge on any atom is 0.274 e. The number of aromatic nitrogens is 3. The van der Waals surface area contributed by atoms with E-state index in [1.807, 2.05) is 17.0 Å². The molecule has 0 saturated carbocycles. The van der Waals surface area contributed by atoms with Crippen molar-refractivity contribution >= 4 is 28.8 Å². The topological polar surface area (TPSA) is 63.5 Å². The van der Waals surface area contributed by atoms with E-state index in [0.717, 1.165) is 38.3 Å². The molecule has 1 fully saturated rings. The summed E-state index contributed by atoms with van der Waals surface area (Å²) >= 11 is 7.85. The van der Waals surface area contributed by atoms with Gasteiger partial charge in [-0.2, -0.15) is 5.10 Å². The summed E-state index contributed by atoms with van der Waals surface area (Å²) in [5.74, 6) is 0.543. The van der Waals surface area contributed by atoms with Gasteiger partial charge in [-0.3, -0.25) is 9.69 Å². The predicted molar refractivity (Wildman–Crippen MR) is 131 cm³/mol. The number of amides is 1. The summed E-state index contributed by atoms with van der Waals surface area (Å²) in [7, 11) is 0. The molecule has 0 unspecified atom stereocenters. The van der Waals surface area contributed by atoms with Crippen molar-refractivity contribution in [2.45, 2.75) is 45.9 Å². The van der Waals surface area contributed by atoms with Crippen LogP contribution in [0.1, 0.15) is 48.4 Å². The van der Waals surface area contributed by atoms with E-state index in [1.165, 1.54) is 5.01 Å². The second-order valence-electron chi connectivity index (χ2n) is 9.26. The largest absolute Gasteiger partial charge is 0.470 e. The summed E-state index contributed by atoms with van der Waals surface area (Å²) in [6, 6.07) is 9.03. The van der Waals surface area contributed by atoms with Crippen LogP contribution >= 0.6 is 22.9 Å². The Kier molecular flexibility index (Phi) is 7.36. The van der Waals surface area contributed by atoms with Crippen LogP contribution in [0.2, 0.25) is 5.02 Å². The van der Waals surface area contributed by atoms with Gasteiger partial charge in [0.1, 0.15) is 5.75 Å². The molecule has 9 heteroatoms. The number of carbonyl (C=O) groups is 1. The lowest BCUT2D eigenvalue weighted by Gasteiger charge is -2.21. The van der Waals surface area contributed by atoms with Gasteiger partial charge in [0.25, 0.3) is 5.91 Å². The summed E-state index contributed by atoms with van der Waals surface area (Å²) in [6.07, 6.45) is 2.68. The zero-order valence-electron chi connectivity index (χ0n) is 19.3. The molecule has 3 heterocycles. The molecule has 1 aromatic carbocycles. The van der Waals surface area contributed by atoms with E-state index < -0.39 is 0 Å². The van der Waals surface area contributed by atoms with Gasteiger partial charge in [-0.15, -0.1) is 11.3 Å². The van der Waals surface area contributed by atoms with Gasteiger partial charge in [-0.1, -0.05) is 44.5 Å². The molecule has 0 radical (unpaired) electrons. The van der Waals surface area contributed by atoms with Crippen molar-refractivity contribution in [3.05, 3.63) is 63.3 Å². The van der Waals surface area contributed by atoms with Crippen LogP contribution in [-0.2, 0) is 18.7 Å². The van der Waals surface area contributed by atoms with E-state index in [9.17, 15) is 4.79 Å². The molecule has 0 bridgehead atoms. The molecule has 0 N–H and O–H groups in total. The van der Waals surface area contributed by atoms with Crippen molar-refractivity contribution in [2.24, 2.45) is 0 Å². The molecule has 1 aliphatic rings. The lowest BCUT2D eigenvalue weighted by molar-refractivity contribution is 0.0753. The zero-order valence-corrected chi connectivity index (χ0v) is 20.9. The second kappa shape index (κ2) is 10.2. The average Bonchev–Trinajstić information content (AvgIpc) is 3.39. The lowest BCUT2D eigenvalue weighted by atomic mass is 9.98. The standard InChI is InChI=1S/C24H30ClN5O2S/c1-24(2,3)23-26-18(16-33-23)15-28-10-6-11-29(14-13-28)22(31)20-9-12-30(27-20)17-32-21-8-5-4-7-19(21)25/h4-5,7-9,12,16H,6,10-11,13-15,17H2,1-3H3. The number of para-hydroxylation sites is 1. The fourth-order valence-corrected chi connectivity index (χ4v) is 4.78. The van der Waals surface area contributed by atoms with Crippen molar-refractivity contribution in [1.29, 1.82) is 0 Å². The van der Waals surface area contributed by atoms with Gasteiger partial charge < -0.3 is 9.64 Å². The normalized spacial score (nSPS) is 15.5. The molecular weight excluding hydrogens is 458 g/mol. The highest BCUT2D eigenvalue weighted by Gasteiger charge is 2.23. The van der Waals surface area contributed by atoms with Crippen molar-refractivity contribution < 1.29 is 9.53 Å². The molecule has 1 saturated heterocycles. The van der Waals surface area contributed by atoms with Crippen molar-refractivity contribution in [3.63, 3.8) is 0 Å². The molecular formula is C24H30ClN5O2S. The Morgan fingerprint density at radius 1 is 1.15 bits per heavy atom. The van der Waals surface area contributed by atoms with Crippen LogP contribution in [0.4, 0.5) is 0 Å². The van der Waals surface area contributed by atoms with Crippen molar-refractivity contribution in [2.75, 3.05) is 26.2 Å². The third kappa shape index (κ3) is 6.13. The predicted octanol–water partition coefficient (Wildman–Crippen LogP) is 4.68. The highest BCUT2D eigenvalue weighted by Crippen LogP contribution is 2.26. The number of thiazole rings is 1. The number of hydrogen-bond donors (Lipinski definition) is 0. The molecule has 0 spiro atoms. The van der Waals surface area contributed by atoms with Gasteiger partial charge in [0, 0.05) is 49.7 Å². The Balaban J connectivity index is 1.30. The Bertz CT molecular complexity index is 1090. The molecule has 33 heavy (non-hydrogen) atoms. The third-order valence-electron chi connectivity index (χ3n) is 5.50. The SMILES string of the molecule is CC(C)(C)c1nc(CN2CCCN(C(=O)c3ccn(COc4ccccc4Cl)n3)CC2)cs1. The molecule has 4 rings (SSSR count). The number of ether oxygens (including phenoxy) is 1. The first-order valence-corrected chi connectivity index (χ1v) is 12.4. The lowest BCUT2D eigenvalue weighted by Crippen LogP contribution is -2.35. The number of hydrogen-bond acceptors (Lipinski definition) is 6. The van der Waals surface area contributed by atoms with Gasteiger partial charge in [0.15, 0.2) is 12.4 Å². The Labute approximate surface area is 203 Å². The first kappa shape index (κ1) is 23.7. The summed E-state index contributed by atoms with van der Waals surface area (Å²) in [5, 5.41) is 8.28. The van der Waals surface area contributed by atoms with E-state index >= 15 is 0 Å². The fraction of sp³-hybridized carbons (Fsp3) is 0.458. The first-order valence-electron chi connectivity index (χ1n) is 11.2. The number of benzene rings is 1. The minimum atomic E-state index is -0.0444. The monoisotopic (exact) mass is 487 g/mol. The minimum Gasteiger partial charge on any atom is -0.470 e. The number of nitrogens with zero attached hydrogens (tertiary/aromatic N) is 5. The van der Waals surface area contributed by atoms with E-state index in [1.54, 1.807) is 40.4 Å². The van der Waals surface area contributed by atoms with Crippen LogP contribution in [-0.4, -0.2) is 56.7 Å². The second-order valence-corrected chi connectivity index (χ2v) is 10.5. The van der Waals surface area contributed by atoms with Gasteiger partial charge in [-0.05, 0) is 24.6 Å². The highest BCUT2D eigenvalue weighted by atomic mass is 35.5. The van der Waals surface area contributed by atoms with Crippen LogP contribution in [0.15, 0.2) is 41.9 Å². The first-order chi connectivity index (χ1) is 15.8. The summed E-state index contributed by atoms with van der Waals surface area (Å²) in [5.41, 5.74) is 1.62. The van der Waals surface area contributed by atoms with Gasteiger partial charge in [0.05, 0.1) is 15.7 Å². The Morgan fingerprint density at radius 2 is 1.97 bits per heavy atom. The fourth-order valence-electron chi connectivity index (χ4n) is 3.69. The number of rotatable bonds is 6. The molecule has 1 amide bonds. The molecule has 0 atom stereocenters. The maximum atomic E-state index is 13.0.